The first-order valence-electron chi connectivity index (χ1n) is 26.3. The molecule has 0 aromatic heterocycles. The lowest BCUT2D eigenvalue weighted by atomic mass is 9.99. The number of rotatable bonds is 47. The molecule has 0 bridgehead atoms. The summed E-state index contributed by atoms with van der Waals surface area (Å²) in [6, 6.07) is 0. The summed E-state index contributed by atoms with van der Waals surface area (Å²) >= 11 is 0. The SMILES string of the molecule is CCCCCCCCCCCC(=O)O[C@H](COC(=O)CCCCCCCCCCCCCCCCC(C)CC)COC(=O)CCCCCCCCCCCCC(C)CC. The minimum absolute atomic E-state index is 0.0638. The topological polar surface area (TPSA) is 78.9 Å². The van der Waals surface area contributed by atoms with Crippen LogP contribution < -0.4 is 0 Å². The average molecular weight is 835 g/mol. The molecule has 0 saturated heterocycles. The smallest absolute Gasteiger partial charge is 0.306 e. The van der Waals surface area contributed by atoms with Crippen LogP contribution in [-0.4, -0.2) is 37.2 Å². The van der Waals surface area contributed by atoms with Crippen molar-refractivity contribution in [1.29, 1.82) is 0 Å². The van der Waals surface area contributed by atoms with E-state index in [1.165, 1.54) is 180 Å². The molecule has 0 aliphatic carbocycles. The Bertz CT molecular complexity index is 904. The summed E-state index contributed by atoms with van der Waals surface area (Å²) in [5.74, 6) is 0.915. The summed E-state index contributed by atoms with van der Waals surface area (Å²) in [5.41, 5.74) is 0. The lowest BCUT2D eigenvalue weighted by molar-refractivity contribution is -0.167. The third-order valence-electron chi connectivity index (χ3n) is 12.7. The Morgan fingerprint density at radius 3 is 0.881 bits per heavy atom. The fraction of sp³-hybridized carbons (Fsp3) is 0.943. The molecule has 59 heavy (non-hydrogen) atoms. The zero-order chi connectivity index (χ0) is 43.3. The van der Waals surface area contributed by atoms with E-state index < -0.39 is 6.10 Å². The van der Waals surface area contributed by atoms with E-state index in [1.807, 2.05) is 0 Å². The molecule has 2 unspecified atom stereocenters. The number of ether oxygens (including phenoxy) is 3. The second-order valence-electron chi connectivity index (χ2n) is 18.6. The first-order chi connectivity index (χ1) is 28.8. The molecule has 0 heterocycles. The first kappa shape index (κ1) is 57.4. The molecule has 0 aromatic carbocycles. The lowest BCUT2D eigenvalue weighted by Gasteiger charge is -2.18. The maximum atomic E-state index is 12.7. The molecule has 0 aliphatic heterocycles. The van der Waals surface area contributed by atoms with Crippen LogP contribution >= 0.6 is 0 Å². The molecule has 0 fully saturated rings. The van der Waals surface area contributed by atoms with E-state index in [9.17, 15) is 14.4 Å². The van der Waals surface area contributed by atoms with Gasteiger partial charge in [0.1, 0.15) is 13.2 Å². The van der Waals surface area contributed by atoms with Crippen molar-refractivity contribution in [3.63, 3.8) is 0 Å². The molecule has 0 rings (SSSR count). The second-order valence-corrected chi connectivity index (χ2v) is 18.6. The predicted octanol–water partition coefficient (Wildman–Crippen LogP) is 16.9. The minimum atomic E-state index is -0.761. The molecule has 0 radical (unpaired) electrons. The van der Waals surface area contributed by atoms with Crippen molar-refractivity contribution >= 4 is 17.9 Å². The van der Waals surface area contributed by atoms with Crippen molar-refractivity contribution in [2.75, 3.05) is 13.2 Å². The van der Waals surface area contributed by atoms with Crippen molar-refractivity contribution in [2.24, 2.45) is 11.8 Å². The molecule has 0 spiro atoms. The van der Waals surface area contributed by atoms with Crippen molar-refractivity contribution in [2.45, 2.75) is 298 Å². The van der Waals surface area contributed by atoms with Gasteiger partial charge in [0.25, 0.3) is 0 Å². The summed E-state index contributed by atoms with van der Waals surface area (Å²) in [5, 5.41) is 0. The van der Waals surface area contributed by atoms with E-state index in [-0.39, 0.29) is 31.1 Å². The van der Waals surface area contributed by atoms with Gasteiger partial charge >= 0.3 is 17.9 Å². The van der Waals surface area contributed by atoms with Gasteiger partial charge in [0, 0.05) is 19.3 Å². The molecular formula is C53H102O6. The molecule has 0 saturated carbocycles. The van der Waals surface area contributed by atoms with Gasteiger partial charge < -0.3 is 14.2 Å². The summed E-state index contributed by atoms with van der Waals surface area (Å²) in [4.78, 5) is 37.9. The first-order valence-corrected chi connectivity index (χ1v) is 26.3. The molecule has 3 atom stereocenters. The van der Waals surface area contributed by atoms with E-state index in [2.05, 4.69) is 34.6 Å². The van der Waals surface area contributed by atoms with Crippen LogP contribution in [0.4, 0.5) is 0 Å². The van der Waals surface area contributed by atoms with Crippen LogP contribution in [0.1, 0.15) is 291 Å². The number of unbranched alkanes of at least 4 members (excludes halogenated alkanes) is 30. The summed E-state index contributed by atoms with van der Waals surface area (Å²) < 4.78 is 16.8. The van der Waals surface area contributed by atoms with Crippen LogP contribution in [0.25, 0.3) is 0 Å². The Balaban J connectivity index is 4.23. The normalized spacial score (nSPS) is 13.0. The van der Waals surface area contributed by atoms with Crippen LogP contribution in [0.15, 0.2) is 0 Å². The number of hydrogen-bond acceptors (Lipinski definition) is 6. The molecule has 0 aromatic rings. The molecule has 0 aliphatic rings. The quantitative estimate of drug-likeness (QED) is 0.0345. The van der Waals surface area contributed by atoms with Crippen LogP contribution in [0.2, 0.25) is 0 Å². The van der Waals surface area contributed by atoms with Gasteiger partial charge in [-0.2, -0.15) is 0 Å². The highest BCUT2D eigenvalue weighted by atomic mass is 16.6. The molecule has 0 amide bonds. The zero-order valence-electron chi connectivity index (χ0n) is 40.4. The molecule has 350 valence electrons. The standard InChI is InChI=1S/C53H102O6/c1-6-9-10-11-12-21-30-35-40-45-53(56)59-50(47-58-52(55)44-39-34-29-25-20-19-23-27-32-37-42-49(5)8-3)46-57-51(54)43-38-33-28-24-18-16-14-13-15-17-22-26-31-36-41-48(4)7-2/h48-50H,6-47H2,1-5H3/t48?,49?,50-/m1/s1. The number of carbonyl (C=O) groups excluding carboxylic acids is 3. The zero-order valence-corrected chi connectivity index (χ0v) is 40.4. The van der Waals surface area contributed by atoms with Crippen molar-refractivity contribution in [3.8, 4) is 0 Å². The Morgan fingerprint density at radius 2 is 0.593 bits per heavy atom. The van der Waals surface area contributed by atoms with Crippen molar-refractivity contribution in [3.05, 3.63) is 0 Å². The van der Waals surface area contributed by atoms with Crippen LogP contribution in [-0.2, 0) is 28.6 Å². The Morgan fingerprint density at radius 1 is 0.339 bits per heavy atom. The van der Waals surface area contributed by atoms with Crippen LogP contribution in [0.3, 0.4) is 0 Å². The van der Waals surface area contributed by atoms with Gasteiger partial charge in [-0.05, 0) is 31.1 Å². The average Bonchev–Trinajstić information content (AvgIpc) is 3.23. The van der Waals surface area contributed by atoms with E-state index in [4.69, 9.17) is 14.2 Å². The number of hydrogen-bond donors (Lipinski definition) is 0. The van der Waals surface area contributed by atoms with E-state index >= 15 is 0 Å². The highest BCUT2D eigenvalue weighted by Gasteiger charge is 2.19. The van der Waals surface area contributed by atoms with E-state index in [1.54, 1.807) is 0 Å². The Hall–Kier alpha value is -1.59. The maximum absolute atomic E-state index is 12.7. The molecule has 6 heteroatoms. The highest BCUT2D eigenvalue weighted by molar-refractivity contribution is 5.71. The summed E-state index contributed by atoms with van der Waals surface area (Å²) in [7, 11) is 0. The maximum Gasteiger partial charge on any atom is 0.306 e. The third kappa shape index (κ3) is 44.3. The van der Waals surface area contributed by atoms with Crippen molar-refractivity contribution < 1.29 is 28.6 Å². The molecular weight excluding hydrogens is 733 g/mol. The fourth-order valence-corrected chi connectivity index (χ4v) is 7.93. The predicted molar refractivity (Wildman–Crippen MR) is 252 cm³/mol. The fourth-order valence-electron chi connectivity index (χ4n) is 7.93. The largest absolute Gasteiger partial charge is 0.462 e. The van der Waals surface area contributed by atoms with Crippen molar-refractivity contribution in [1.82, 2.24) is 0 Å². The molecule has 6 nitrogen and oxygen atoms in total. The molecule has 0 N–H and O–H groups in total. The minimum Gasteiger partial charge on any atom is -0.462 e. The van der Waals surface area contributed by atoms with Gasteiger partial charge in [0.2, 0.25) is 0 Å². The third-order valence-corrected chi connectivity index (χ3v) is 12.7. The van der Waals surface area contributed by atoms with Gasteiger partial charge in [-0.25, -0.2) is 0 Å². The van der Waals surface area contributed by atoms with Gasteiger partial charge in [0.15, 0.2) is 6.10 Å². The lowest BCUT2D eigenvalue weighted by Crippen LogP contribution is -2.30. The van der Waals surface area contributed by atoms with E-state index in [0.29, 0.717) is 19.3 Å². The van der Waals surface area contributed by atoms with Crippen LogP contribution in [0.5, 0.6) is 0 Å². The van der Waals surface area contributed by atoms with Gasteiger partial charge in [-0.15, -0.1) is 0 Å². The highest BCUT2D eigenvalue weighted by Crippen LogP contribution is 2.18. The summed E-state index contributed by atoms with van der Waals surface area (Å²) in [6.07, 6.45) is 46.5. The van der Waals surface area contributed by atoms with Gasteiger partial charge in [0.05, 0.1) is 0 Å². The number of carbonyl (C=O) groups is 3. The monoisotopic (exact) mass is 835 g/mol. The number of esters is 3. The van der Waals surface area contributed by atoms with Gasteiger partial charge in [-0.1, -0.05) is 253 Å². The van der Waals surface area contributed by atoms with Crippen LogP contribution in [0, 0.1) is 11.8 Å². The Labute approximate surface area is 368 Å². The second kappa shape index (κ2) is 45.9. The van der Waals surface area contributed by atoms with E-state index in [0.717, 1.165) is 69.6 Å². The Kier molecular flexibility index (Phi) is 44.7. The summed E-state index contributed by atoms with van der Waals surface area (Å²) in [6.45, 7) is 11.4. The van der Waals surface area contributed by atoms with Gasteiger partial charge in [-0.3, -0.25) is 14.4 Å².